The molecule has 0 spiro atoms. The Morgan fingerprint density at radius 2 is 1.67 bits per heavy atom. The molecule has 4 heterocycles. The number of carbonyl (C=O) groups is 1. The molecule has 0 aliphatic carbocycles. The molecule has 1 aliphatic rings. The van der Waals surface area contributed by atoms with Gasteiger partial charge in [0.1, 0.15) is 17.6 Å². The van der Waals surface area contributed by atoms with E-state index in [0.717, 1.165) is 63.4 Å². The maximum Gasteiger partial charge on any atom is 0.337 e. The molecule has 1 fully saturated rings. The van der Waals surface area contributed by atoms with E-state index in [1.807, 2.05) is 24.3 Å². The maximum absolute atomic E-state index is 13.7. The Kier molecular flexibility index (Phi) is 13.0. The number of unbranched alkanes of at least 4 members (excludes halogenated alkanes) is 3. The van der Waals surface area contributed by atoms with Crippen LogP contribution in [0.25, 0.3) is 16.9 Å². The van der Waals surface area contributed by atoms with Crippen molar-refractivity contribution in [2.24, 2.45) is 0 Å². The number of hydrogen-bond donors (Lipinski definition) is 2. The zero-order valence-corrected chi connectivity index (χ0v) is 31.7. The lowest BCUT2D eigenvalue weighted by Gasteiger charge is -2.36. The third-order valence-corrected chi connectivity index (χ3v) is 9.44. The van der Waals surface area contributed by atoms with Crippen molar-refractivity contribution in [2.75, 3.05) is 56.2 Å². The number of allylic oxidation sites excluding steroid dienone is 1. The first-order valence-electron chi connectivity index (χ1n) is 18.6. The van der Waals surface area contributed by atoms with Crippen LogP contribution < -0.4 is 20.5 Å². The first-order chi connectivity index (χ1) is 27.3. The SMILES string of the molecule is C=CCn1c(=O)c2cnc(Nc3ccc(N4CCN(CCCCCCOCC(=O)Oc5c(F)c(F)cc(F)c5F)CC4)cc3)nc2n1-c1cccc(C(C)(C)O)n1. The molecule has 5 aromatic rings. The van der Waals surface area contributed by atoms with Gasteiger partial charge in [0.2, 0.25) is 23.3 Å². The van der Waals surface area contributed by atoms with Crippen LogP contribution >= 0.6 is 0 Å². The van der Waals surface area contributed by atoms with Crippen molar-refractivity contribution in [3.63, 3.8) is 0 Å². The summed E-state index contributed by atoms with van der Waals surface area (Å²) in [4.78, 5) is 43.6. The molecule has 13 nitrogen and oxygen atoms in total. The summed E-state index contributed by atoms with van der Waals surface area (Å²) in [6.07, 6.45) is 6.55. The third kappa shape index (κ3) is 9.84. The van der Waals surface area contributed by atoms with E-state index in [9.17, 15) is 32.3 Å². The van der Waals surface area contributed by atoms with E-state index in [1.165, 1.54) is 10.9 Å². The number of piperazine rings is 1. The number of esters is 1. The van der Waals surface area contributed by atoms with Gasteiger partial charge in [0.15, 0.2) is 23.1 Å². The number of aromatic nitrogens is 5. The highest BCUT2D eigenvalue weighted by Gasteiger charge is 2.24. The molecule has 0 unspecified atom stereocenters. The number of nitrogens with one attached hydrogen (secondary N) is 1. The minimum Gasteiger partial charge on any atom is -0.418 e. The predicted molar refractivity (Wildman–Crippen MR) is 206 cm³/mol. The smallest absolute Gasteiger partial charge is 0.337 e. The van der Waals surface area contributed by atoms with E-state index in [0.29, 0.717) is 34.9 Å². The summed E-state index contributed by atoms with van der Waals surface area (Å²) in [7, 11) is 0. The van der Waals surface area contributed by atoms with Gasteiger partial charge in [0.05, 0.1) is 12.2 Å². The van der Waals surface area contributed by atoms with Gasteiger partial charge in [-0.15, -0.1) is 6.58 Å². The Morgan fingerprint density at radius 1 is 0.965 bits per heavy atom. The second-order valence-electron chi connectivity index (χ2n) is 14.1. The van der Waals surface area contributed by atoms with Crippen LogP contribution in [-0.4, -0.2) is 86.2 Å². The van der Waals surface area contributed by atoms with E-state index in [1.54, 1.807) is 42.8 Å². The molecule has 57 heavy (non-hydrogen) atoms. The van der Waals surface area contributed by atoms with Crippen LogP contribution in [0.15, 0.2) is 72.2 Å². The van der Waals surface area contributed by atoms with Crippen LogP contribution in [0.5, 0.6) is 5.75 Å². The highest BCUT2D eigenvalue weighted by Crippen LogP contribution is 2.27. The van der Waals surface area contributed by atoms with Crippen molar-refractivity contribution in [3.8, 4) is 11.6 Å². The number of rotatable bonds is 17. The average Bonchev–Trinajstić information content (AvgIpc) is 3.47. The van der Waals surface area contributed by atoms with Gasteiger partial charge in [-0.3, -0.25) is 9.69 Å². The summed E-state index contributed by atoms with van der Waals surface area (Å²) >= 11 is 0. The molecule has 3 aromatic heterocycles. The van der Waals surface area contributed by atoms with Crippen LogP contribution in [-0.2, 0) is 21.7 Å². The molecule has 2 N–H and O–H groups in total. The van der Waals surface area contributed by atoms with Gasteiger partial charge in [0.25, 0.3) is 5.56 Å². The first-order valence-corrected chi connectivity index (χ1v) is 18.6. The van der Waals surface area contributed by atoms with E-state index < -0.39 is 47.2 Å². The molecular weight excluding hydrogens is 748 g/mol. The fourth-order valence-electron chi connectivity index (χ4n) is 6.44. The Bertz CT molecular complexity index is 2240. The number of carbonyl (C=O) groups excluding carboxylic acids is 1. The minimum atomic E-state index is -1.79. The molecule has 302 valence electrons. The average molecular weight is 793 g/mol. The largest absolute Gasteiger partial charge is 0.418 e. The van der Waals surface area contributed by atoms with Crippen molar-refractivity contribution < 1.29 is 36.9 Å². The molecule has 1 saturated heterocycles. The van der Waals surface area contributed by atoms with E-state index in [-0.39, 0.29) is 24.8 Å². The summed E-state index contributed by atoms with van der Waals surface area (Å²) in [5.74, 6) is -8.77. The maximum atomic E-state index is 13.7. The molecule has 0 atom stereocenters. The Morgan fingerprint density at radius 3 is 2.35 bits per heavy atom. The van der Waals surface area contributed by atoms with Crippen molar-refractivity contribution in [3.05, 3.63) is 107 Å². The van der Waals surface area contributed by atoms with E-state index in [4.69, 9.17) is 9.72 Å². The number of benzene rings is 2. The van der Waals surface area contributed by atoms with Gasteiger partial charge in [-0.25, -0.2) is 32.9 Å². The molecule has 0 saturated carbocycles. The first kappa shape index (κ1) is 41.0. The fraction of sp³-hybridized carbons (Fsp3) is 0.375. The second kappa shape index (κ2) is 18.1. The molecule has 2 aromatic carbocycles. The van der Waals surface area contributed by atoms with Crippen molar-refractivity contribution in [2.45, 2.75) is 51.7 Å². The van der Waals surface area contributed by atoms with Crippen LogP contribution in [0.2, 0.25) is 0 Å². The number of halogens is 4. The highest BCUT2D eigenvalue weighted by atomic mass is 19.2. The van der Waals surface area contributed by atoms with Crippen molar-refractivity contribution in [1.82, 2.24) is 29.2 Å². The minimum absolute atomic E-state index is 0.0334. The van der Waals surface area contributed by atoms with Gasteiger partial charge in [-0.2, -0.15) is 13.8 Å². The lowest BCUT2D eigenvalue weighted by atomic mass is 10.1. The molecule has 17 heteroatoms. The van der Waals surface area contributed by atoms with Crippen molar-refractivity contribution >= 4 is 34.3 Å². The number of hydrogen-bond acceptors (Lipinski definition) is 11. The number of pyridine rings is 1. The number of aliphatic hydroxyl groups is 1. The summed E-state index contributed by atoms with van der Waals surface area (Å²) in [5.41, 5.74) is 1.19. The van der Waals surface area contributed by atoms with Crippen LogP contribution in [0.3, 0.4) is 0 Å². The van der Waals surface area contributed by atoms with Crippen LogP contribution in [0.4, 0.5) is 34.9 Å². The lowest BCUT2D eigenvalue weighted by Crippen LogP contribution is -2.46. The van der Waals surface area contributed by atoms with E-state index >= 15 is 0 Å². The lowest BCUT2D eigenvalue weighted by molar-refractivity contribution is -0.140. The summed E-state index contributed by atoms with van der Waals surface area (Å²) < 4.78 is 66.7. The standard InChI is InChI=1S/C40H44F4N8O5/c1-4-16-51-38(54)28-24-45-39(48-37(28)52(51)32-11-9-10-31(47-32)40(2,3)55)46-26-12-14-27(15-13-26)50-20-18-49(19-21-50)17-7-5-6-8-22-56-25-33(53)57-36-34(43)29(41)23-30(42)35(36)44/h4,9-15,23-24,55H,1,5-8,16-22,25H2,2-3H3,(H,45,46,48). The topological polar surface area (TPSA) is 140 Å². The van der Waals surface area contributed by atoms with Gasteiger partial charge in [-0.1, -0.05) is 25.0 Å². The molecule has 0 radical (unpaired) electrons. The zero-order valence-electron chi connectivity index (χ0n) is 31.7. The molecule has 0 bridgehead atoms. The fourth-order valence-corrected chi connectivity index (χ4v) is 6.44. The molecule has 6 rings (SSSR count). The Balaban J connectivity index is 0.938. The van der Waals surface area contributed by atoms with Crippen LogP contribution in [0, 0.1) is 23.3 Å². The number of anilines is 3. The molecular formula is C40H44F4N8O5. The highest BCUT2D eigenvalue weighted by molar-refractivity contribution is 5.77. The van der Waals surface area contributed by atoms with Gasteiger partial charge in [-0.05, 0) is 69.6 Å². The molecule has 1 aliphatic heterocycles. The Labute approximate surface area is 326 Å². The normalized spacial score (nSPS) is 13.6. The van der Waals surface area contributed by atoms with E-state index in [2.05, 4.69) is 36.4 Å². The predicted octanol–water partition coefficient (Wildman–Crippen LogP) is 6.00. The quantitative estimate of drug-likeness (QED) is 0.0287. The summed E-state index contributed by atoms with van der Waals surface area (Å²) in [5, 5.41) is 14.1. The van der Waals surface area contributed by atoms with Gasteiger partial charge in [0, 0.05) is 56.4 Å². The Hall–Kier alpha value is -5.65. The number of fused-ring (bicyclic) bond motifs is 1. The molecule has 0 amide bonds. The van der Waals surface area contributed by atoms with Crippen molar-refractivity contribution in [1.29, 1.82) is 0 Å². The third-order valence-electron chi connectivity index (χ3n) is 9.44. The zero-order chi connectivity index (χ0) is 40.7. The monoisotopic (exact) mass is 792 g/mol. The second-order valence-corrected chi connectivity index (χ2v) is 14.1. The number of ether oxygens (including phenoxy) is 2. The van der Waals surface area contributed by atoms with Crippen LogP contribution in [0.1, 0.15) is 45.2 Å². The van der Waals surface area contributed by atoms with Gasteiger partial charge >= 0.3 is 5.97 Å². The summed E-state index contributed by atoms with van der Waals surface area (Å²) in [6, 6.07) is 13.3. The number of nitrogens with zero attached hydrogens (tertiary/aromatic N) is 7. The van der Waals surface area contributed by atoms with Gasteiger partial charge < -0.3 is 24.8 Å². The summed E-state index contributed by atoms with van der Waals surface area (Å²) in [6.45, 7) is 11.4.